The summed E-state index contributed by atoms with van der Waals surface area (Å²) in [6.45, 7) is 0. The second kappa shape index (κ2) is 7.01. The highest BCUT2D eigenvalue weighted by Gasteiger charge is 2.15. The van der Waals surface area contributed by atoms with Gasteiger partial charge in [0.25, 0.3) is 0 Å². The van der Waals surface area contributed by atoms with E-state index in [1.165, 1.54) is 32.1 Å². The molecule has 0 aliphatic heterocycles. The van der Waals surface area contributed by atoms with E-state index in [-0.39, 0.29) is 0 Å². The van der Waals surface area contributed by atoms with Crippen LogP contribution < -0.4 is 14.8 Å². The van der Waals surface area contributed by atoms with Crippen LogP contribution in [-0.4, -0.2) is 25.2 Å². The average Bonchev–Trinajstić information content (AvgIpc) is 3.03. The SMILES string of the molecule is COc1ccc(-c2csc(NC3CCCCC3)n2)cc1OC. The van der Waals surface area contributed by atoms with E-state index in [1.807, 2.05) is 18.2 Å². The number of thiazole rings is 1. The van der Waals surface area contributed by atoms with Crippen molar-refractivity contribution in [1.29, 1.82) is 0 Å². The van der Waals surface area contributed by atoms with E-state index in [2.05, 4.69) is 10.7 Å². The highest BCUT2D eigenvalue weighted by Crippen LogP contribution is 2.34. The van der Waals surface area contributed by atoms with Gasteiger partial charge in [0, 0.05) is 17.0 Å². The summed E-state index contributed by atoms with van der Waals surface area (Å²) in [4.78, 5) is 4.72. The largest absolute Gasteiger partial charge is 0.493 e. The third kappa shape index (κ3) is 3.35. The molecule has 0 amide bonds. The lowest BCUT2D eigenvalue weighted by molar-refractivity contribution is 0.355. The zero-order valence-corrected chi connectivity index (χ0v) is 13.9. The van der Waals surface area contributed by atoms with Crippen LogP contribution in [0.4, 0.5) is 5.13 Å². The first-order valence-electron chi connectivity index (χ1n) is 7.74. The molecule has 1 aliphatic carbocycles. The second-order valence-corrected chi connectivity index (χ2v) is 6.45. The first-order chi connectivity index (χ1) is 10.8. The Balaban J connectivity index is 1.75. The van der Waals surface area contributed by atoms with Crippen LogP contribution in [-0.2, 0) is 0 Å². The third-order valence-corrected chi connectivity index (χ3v) is 4.89. The topological polar surface area (TPSA) is 43.4 Å². The van der Waals surface area contributed by atoms with E-state index < -0.39 is 0 Å². The van der Waals surface area contributed by atoms with E-state index in [4.69, 9.17) is 14.5 Å². The van der Waals surface area contributed by atoms with Crippen molar-refractivity contribution < 1.29 is 9.47 Å². The summed E-state index contributed by atoms with van der Waals surface area (Å²) in [5.41, 5.74) is 2.02. The number of nitrogens with one attached hydrogen (secondary N) is 1. The normalized spacial score (nSPS) is 15.5. The minimum atomic E-state index is 0.582. The molecule has 22 heavy (non-hydrogen) atoms. The summed E-state index contributed by atoms with van der Waals surface area (Å²) in [6.07, 6.45) is 6.53. The van der Waals surface area contributed by atoms with Crippen LogP contribution in [0.25, 0.3) is 11.3 Å². The van der Waals surface area contributed by atoms with Crippen molar-refractivity contribution in [2.24, 2.45) is 0 Å². The molecule has 2 aromatic rings. The molecule has 1 N–H and O–H groups in total. The molecule has 1 aromatic heterocycles. The smallest absolute Gasteiger partial charge is 0.183 e. The minimum Gasteiger partial charge on any atom is -0.493 e. The maximum atomic E-state index is 5.36. The molecule has 4 nitrogen and oxygen atoms in total. The highest BCUT2D eigenvalue weighted by molar-refractivity contribution is 7.14. The maximum Gasteiger partial charge on any atom is 0.183 e. The van der Waals surface area contributed by atoms with Crippen molar-refractivity contribution in [3.8, 4) is 22.8 Å². The first-order valence-corrected chi connectivity index (χ1v) is 8.62. The number of rotatable bonds is 5. The van der Waals surface area contributed by atoms with Crippen LogP contribution in [0.5, 0.6) is 11.5 Å². The summed E-state index contributed by atoms with van der Waals surface area (Å²) in [5.74, 6) is 1.47. The van der Waals surface area contributed by atoms with Gasteiger partial charge in [-0.2, -0.15) is 0 Å². The number of nitrogens with zero attached hydrogens (tertiary/aromatic N) is 1. The fraction of sp³-hybridized carbons (Fsp3) is 0.471. The Morgan fingerprint density at radius 3 is 2.59 bits per heavy atom. The number of hydrogen-bond acceptors (Lipinski definition) is 5. The summed E-state index contributed by atoms with van der Waals surface area (Å²) < 4.78 is 10.6. The first kappa shape index (κ1) is 15.2. The van der Waals surface area contributed by atoms with Crippen molar-refractivity contribution in [1.82, 2.24) is 4.98 Å². The molecule has 0 saturated heterocycles. The van der Waals surface area contributed by atoms with Gasteiger partial charge < -0.3 is 14.8 Å². The molecule has 1 saturated carbocycles. The van der Waals surface area contributed by atoms with Crippen LogP contribution in [0.2, 0.25) is 0 Å². The number of benzene rings is 1. The Bertz CT molecular complexity index is 621. The fourth-order valence-electron chi connectivity index (χ4n) is 2.89. The van der Waals surface area contributed by atoms with Crippen LogP contribution >= 0.6 is 11.3 Å². The number of aromatic nitrogens is 1. The molecule has 0 radical (unpaired) electrons. The van der Waals surface area contributed by atoms with E-state index in [0.29, 0.717) is 6.04 Å². The predicted molar refractivity (Wildman–Crippen MR) is 91.1 cm³/mol. The van der Waals surface area contributed by atoms with E-state index >= 15 is 0 Å². The molecule has 0 bridgehead atoms. The average molecular weight is 318 g/mol. The van der Waals surface area contributed by atoms with Crippen molar-refractivity contribution in [3.63, 3.8) is 0 Å². The van der Waals surface area contributed by atoms with Crippen molar-refractivity contribution in [3.05, 3.63) is 23.6 Å². The lowest BCUT2D eigenvalue weighted by Crippen LogP contribution is -2.21. The lowest BCUT2D eigenvalue weighted by Gasteiger charge is -2.22. The molecule has 0 spiro atoms. The molecule has 1 heterocycles. The standard InChI is InChI=1S/C17H22N2O2S/c1-20-15-9-8-12(10-16(15)21-2)14-11-22-17(19-14)18-13-6-4-3-5-7-13/h8-11,13H,3-7H2,1-2H3,(H,18,19). The molecule has 5 heteroatoms. The van der Waals surface area contributed by atoms with Crippen molar-refractivity contribution in [2.45, 2.75) is 38.1 Å². The Kier molecular flexibility index (Phi) is 4.83. The molecular weight excluding hydrogens is 296 g/mol. The van der Waals surface area contributed by atoms with Gasteiger partial charge in [-0.3, -0.25) is 0 Å². The summed E-state index contributed by atoms with van der Waals surface area (Å²) >= 11 is 1.67. The maximum absolute atomic E-state index is 5.36. The van der Waals surface area contributed by atoms with Crippen molar-refractivity contribution in [2.75, 3.05) is 19.5 Å². The van der Waals surface area contributed by atoms with Gasteiger partial charge in [0.15, 0.2) is 16.6 Å². The molecule has 1 fully saturated rings. The van der Waals surface area contributed by atoms with Gasteiger partial charge in [0.05, 0.1) is 19.9 Å². The van der Waals surface area contributed by atoms with E-state index in [9.17, 15) is 0 Å². The Morgan fingerprint density at radius 1 is 1.09 bits per heavy atom. The third-order valence-electron chi connectivity index (χ3n) is 4.12. The van der Waals surface area contributed by atoms with Gasteiger partial charge >= 0.3 is 0 Å². The monoisotopic (exact) mass is 318 g/mol. The van der Waals surface area contributed by atoms with Crippen LogP contribution in [0, 0.1) is 0 Å². The van der Waals surface area contributed by atoms with Crippen molar-refractivity contribution >= 4 is 16.5 Å². The highest BCUT2D eigenvalue weighted by atomic mass is 32.1. The molecule has 0 unspecified atom stereocenters. The van der Waals surface area contributed by atoms with Gasteiger partial charge in [0.2, 0.25) is 0 Å². The Morgan fingerprint density at radius 2 is 1.86 bits per heavy atom. The van der Waals surface area contributed by atoms with Crippen LogP contribution in [0.15, 0.2) is 23.6 Å². The number of hydrogen-bond donors (Lipinski definition) is 1. The lowest BCUT2D eigenvalue weighted by atomic mass is 9.96. The molecule has 0 atom stereocenters. The fourth-order valence-corrected chi connectivity index (χ4v) is 3.69. The zero-order chi connectivity index (χ0) is 15.4. The second-order valence-electron chi connectivity index (χ2n) is 5.59. The Hall–Kier alpha value is -1.75. The minimum absolute atomic E-state index is 0.582. The molecule has 3 rings (SSSR count). The van der Waals surface area contributed by atoms with Gasteiger partial charge in [-0.05, 0) is 31.0 Å². The van der Waals surface area contributed by atoms with Gasteiger partial charge in [-0.25, -0.2) is 4.98 Å². The molecule has 1 aliphatic rings. The zero-order valence-electron chi connectivity index (χ0n) is 13.1. The van der Waals surface area contributed by atoms with Crippen LogP contribution in [0.3, 0.4) is 0 Å². The summed E-state index contributed by atoms with van der Waals surface area (Å²) in [5, 5.41) is 6.67. The quantitative estimate of drug-likeness (QED) is 0.877. The van der Waals surface area contributed by atoms with Crippen LogP contribution in [0.1, 0.15) is 32.1 Å². The molecular formula is C17H22N2O2S. The van der Waals surface area contributed by atoms with E-state index in [0.717, 1.165) is 27.9 Å². The summed E-state index contributed by atoms with van der Waals surface area (Å²) in [6, 6.07) is 6.49. The number of methoxy groups -OCH3 is 2. The molecule has 1 aromatic carbocycles. The predicted octanol–water partition coefficient (Wildman–Crippen LogP) is 4.57. The van der Waals surface area contributed by atoms with Gasteiger partial charge in [-0.1, -0.05) is 19.3 Å². The number of anilines is 1. The van der Waals surface area contributed by atoms with E-state index in [1.54, 1.807) is 25.6 Å². The summed E-state index contributed by atoms with van der Waals surface area (Å²) in [7, 11) is 3.30. The van der Waals surface area contributed by atoms with Gasteiger partial charge in [-0.15, -0.1) is 11.3 Å². The number of ether oxygens (including phenoxy) is 2. The Labute approximate surface area is 135 Å². The van der Waals surface area contributed by atoms with Gasteiger partial charge in [0.1, 0.15) is 0 Å². The molecule has 118 valence electrons.